The highest BCUT2D eigenvalue weighted by Crippen LogP contribution is 2.26. The van der Waals surface area contributed by atoms with Gasteiger partial charge in [-0.3, -0.25) is 14.2 Å². The quantitative estimate of drug-likeness (QED) is 0.703. The van der Waals surface area contributed by atoms with Crippen molar-refractivity contribution in [3.8, 4) is 0 Å². The van der Waals surface area contributed by atoms with Crippen molar-refractivity contribution in [1.82, 2.24) is 4.57 Å². The molecule has 0 fully saturated rings. The molecule has 0 radical (unpaired) electrons. The fourth-order valence-electron chi connectivity index (χ4n) is 2.47. The van der Waals surface area contributed by atoms with Crippen LogP contribution in [0.4, 0.5) is 4.39 Å². The number of ketones is 1. The fraction of sp³-hybridized carbons (Fsp3) is 0.118. The van der Waals surface area contributed by atoms with Crippen LogP contribution >= 0.6 is 11.6 Å². The topological polar surface area (TPSA) is 89.5 Å². The lowest BCUT2D eigenvalue weighted by molar-refractivity contribution is -0.137. The van der Waals surface area contributed by atoms with E-state index >= 15 is 0 Å². The van der Waals surface area contributed by atoms with Crippen LogP contribution in [0, 0.1) is 5.82 Å². The van der Waals surface area contributed by atoms with Gasteiger partial charge in [-0.2, -0.15) is 0 Å². The van der Waals surface area contributed by atoms with Gasteiger partial charge >= 0.3 is 11.7 Å². The highest BCUT2D eigenvalue weighted by Gasteiger charge is 2.20. The fourth-order valence-corrected chi connectivity index (χ4v) is 2.71. The summed E-state index contributed by atoms with van der Waals surface area (Å²) in [4.78, 5) is 35.1. The predicted molar refractivity (Wildman–Crippen MR) is 87.6 cm³/mol. The van der Waals surface area contributed by atoms with Gasteiger partial charge in [0.15, 0.2) is 11.4 Å². The van der Waals surface area contributed by atoms with E-state index < -0.39 is 23.3 Å². The van der Waals surface area contributed by atoms with Gasteiger partial charge in [-0.15, -0.1) is 0 Å². The number of fused-ring (bicyclic) bond motifs is 1. The molecule has 0 unspecified atom stereocenters. The van der Waals surface area contributed by atoms with Crippen LogP contribution in [0.15, 0.2) is 45.6 Å². The van der Waals surface area contributed by atoms with Gasteiger partial charge in [-0.05, 0) is 24.3 Å². The second kappa shape index (κ2) is 6.52. The van der Waals surface area contributed by atoms with E-state index in [2.05, 4.69) is 0 Å². The van der Waals surface area contributed by atoms with Crippen molar-refractivity contribution in [2.45, 2.75) is 13.0 Å². The van der Waals surface area contributed by atoms with E-state index in [4.69, 9.17) is 21.1 Å². The number of carbonyl (C=O) groups excluding carboxylic acids is 1. The largest absolute Gasteiger partial charge is 0.481 e. The van der Waals surface area contributed by atoms with E-state index in [-0.39, 0.29) is 40.2 Å². The first-order valence-corrected chi connectivity index (χ1v) is 7.60. The molecule has 1 aromatic heterocycles. The first-order chi connectivity index (χ1) is 11.9. The molecular formula is C17H11ClFNO5. The minimum Gasteiger partial charge on any atom is -0.481 e. The second-order valence-corrected chi connectivity index (χ2v) is 5.68. The number of carbonyl (C=O) groups is 2. The summed E-state index contributed by atoms with van der Waals surface area (Å²) in [6, 6.07) is 8.04. The molecule has 0 aliphatic rings. The summed E-state index contributed by atoms with van der Waals surface area (Å²) in [7, 11) is 0. The van der Waals surface area contributed by atoms with Crippen LogP contribution in [0.5, 0.6) is 0 Å². The smallest absolute Gasteiger partial charge is 0.419 e. The van der Waals surface area contributed by atoms with E-state index in [1.807, 2.05) is 0 Å². The summed E-state index contributed by atoms with van der Waals surface area (Å²) in [5.41, 5.74) is 0.163. The van der Waals surface area contributed by atoms with Crippen LogP contribution in [-0.2, 0) is 11.3 Å². The van der Waals surface area contributed by atoms with Gasteiger partial charge in [-0.1, -0.05) is 23.7 Å². The molecule has 0 saturated heterocycles. The van der Waals surface area contributed by atoms with Gasteiger partial charge < -0.3 is 9.52 Å². The number of aromatic nitrogens is 1. The van der Waals surface area contributed by atoms with Crippen molar-refractivity contribution < 1.29 is 23.5 Å². The molecule has 2 aromatic carbocycles. The number of rotatable bonds is 5. The number of hydrogen-bond donors (Lipinski definition) is 1. The standard InChI is InChI=1S/C17H11ClFNO5/c18-11-8-13-14(25-17(24)20(13)6-5-15(21)22)7-10(11)16(23)9-3-1-2-4-12(9)19/h1-4,7-8H,5-6H2,(H,21,22). The van der Waals surface area contributed by atoms with E-state index in [1.165, 1.54) is 30.3 Å². The Labute approximate surface area is 145 Å². The number of aliphatic carboxylic acids is 1. The molecule has 1 heterocycles. The van der Waals surface area contributed by atoms with Crippen LogP contribution in [0.3, 0.4) is 0 Å². The maximum absolute atomic E-state index is 13.8. The Hall–Kier alpha value is -2.93. The highest BCUT2D eigenvalue weighted by atomic mass is 35.5. The maximum atomic E-state index is 13.8. The number of nitrogens with zero attached hydrogens (tertiary/aromatic N) is 1. The average Bonchev–Trinajstić information content (AvgIpc) is 2.86. The molecule has 0 saturated carbocycles. The summed E-state index contributed by atoms with van der Waals surface area (Å²) in [6.45, 7) is -0.0991. The van der Waals surface area contributed by atoms with Gasteiger partial charge in [0.1, 0.15) is 5.82 Å². The Morgan fingerprint density at radius 2 is 1.92 bits per heavy atom. The van der Waals surface area contributed by atoms with E-state index in [0.29, 0.717) is 0 Å². The summed E-state index contributed by atoms with van der Waals surface area (Å²) in [5, 5.41) is 8.75. The highest BCUT2D eigenvalue weighted by molar-refractivity contribution is 6.35. The van der Waals surface area contributed by atoms with Gasteiger partial charge in [0.25, 0.3) is 0 Å². The Morgan fingerprint density at radius 3 is 2.60 bits per heavy atom. The summed E-state index contributed by atoms with van der Waals surface area (Å²) in [6.07, 6.45) is -0.276. The molecule has 3 rings (SSSR count). The number of halogens is 2. The molecule has 8 heteroatoms. The minimum absolute atomic E-state index is 0.00521. The lowest BCUT2D eigenvalue weighted by Gasteiger charge is -2.06. The Bertz CT molecular complexity index is 1050. The third-order valence-electron chi connectivity index (χ3n) is 3.67. The molecule has 0 aliphatic heterocycles. The van der Waals surface area contributed by atoms with Crippen molar-refractivity contribution >= 4 is 34.5 Å². The van der Waals surface area contributed by atoms with Crippen LogP contribution in [0.1, 0.15) is 22.3 Å². The molecule has 1 N–H and O–H groups in total. The molecule has 0 spiro atoms. The predicted octanol–water partition coefficient (Wildman–Crippen LogP) is 3.09. The zero-order valence-electron chi connectivity index (χ0n) is 12.7. The molecule has 0 aliphatic carbocycles. The first kappa shape index (κ1) is 16.9. The van der Waals surface area contributed by atoms with Gasteiger partial charge in [0.05, 0.1) is 22.5 Å². The lowest BCUT2D eigenvalue weighted by Crippen LogP contribution is -2.16. The number of carboxylic acid groups (broad SMARTS) is 1. The number of aryl methyl sites for hydroxylation is 1. The molecule has 0 atom stereocenters. The van der Waals surface area contributed by atoms with Gasteiger partial charge in [0.2, 0.25) is 0 Å². The van der Waals surface area contributed by atoms with Crippen molar-refractivity contribution in [3.05, 3.63) is 68.9 Å². The summed E-state index contributed by atoms with van der Waals surface area (Å²) < 4.78 is 20.0. The van der Waals surface area contributed by atoms with Gasteiger partial charge in [0, 0.05) is 12.1 Å². The van der Waals surface area contributed by atoms with Gasteiger partial charge in [-0.25, -0.2) is 9.18 Å². The molecule has 0 amide bonds. The lowest BCUT2D eigenvalue weighted by atomic mass is 10.0. The Kier molecular flexibility index (Phi) is 4.41. The van der Waals surface area contributed by atoms with Crippen molar-refractivity contribution in [3.63, 3.8) is 0 Å². The third kappa shape index (κ3) is 3.18. The van der Waals surface area contributed by atoms with E-state index in [0.717, 1.165) is 10.6 Å². The molecular weight excluding hydrogens is 353 g/mol. The second-order valence-electron chi connectivity index (χ2n) is 5.27. The average molecular weight is 364 g/mol. The SMILES string of the molecule is O=C(O)CCn1c(=O)oc2cc(C(=O)c3ccccc3F)c(Cl)cc21. The Balaban J connectivity index is 2.09. The minimum atomic E-state index is -1.07. The number of benzene rings is 2. The van der Waals surface area contributed by atoms with Crippen LogP contribution in [0.2, 0.25) is 5.02 Å². The Morgan fingerprint density at radius 1 is 1.20 bits per heavy atom. The summed E-state index contributed by atoms with van der Waals surface area (Å²) in [5.74, 6) is -3.17. The van der Waals surface area contributed by atoms with Crippen molar-refractivity contribution in [1.29, 1.82) is 0 Å². The van der Waals surface area contributed by atoms with Crippen molar-refractivity contribution in [2.75, 3.05) is 0 Å². The third-order valence-corrected chi connectivity index (χ3v) is 3.98. The molecule has 0 bridgehead atoms. The van der Waals surface area contributed by atoms with Crippen LogP contribution in [-0.4, -0.2) is 21.4 Å². The van der Waals surface area contributed by atoms with Crippen molar-refractivity contribution in [2.24, 2.45) is 0 Å². The summed E-state index contributed by atoms with van der Waals surface area (Å²) >= 11 is 6.13. The number of oxazole rings is 1. The van der Waals surface area contributed by atoms with Crippen LogP contribution in [0.25, 0.3) is 11.1 Å². The molecule has 6 nitrogen and oxygen atoms in total. The molecule has 3 aromatic rings. The maximum Gasteiger partial charge on any atom is 0.419 e. The molecule has 128 valence electrons. The first-order valence-electron chi connectivity index (χ1n) is 7.22. The van der Waals surface area contributed by atoms with Crippen LogP contribution < -0.4 is 5.76 Å². The van der Waals surface area contributed by atoms with E-state index in [1.54, 1.807) is 0 Å². The monoisotopic (exact) mass is 363 g/mol. The van der Waals surface area contributed by atoms with E-state index in [9.17, 15) is 18.8 Å². The zero-order chi connectivity index (χ0) is 18.1. The normalized spacial score (nSPS) is 11.0. The number of hydrogen-bond acceptors (Lipinski definition) is 4. The molecule has 25 heavy (non-hydrogen) atoms. The zero-order valence-corrected chi connectivity index (χ0v) is 13.4. The number of carboxylic acids is 1.